The van der Waals surface area contributed by atoms with Crippen LogP contribution in [0.1, 0.15) is 25.2 Å². The number of hydrogen-bond donors (Lipinski definition) is 1. The Hall–Kier alpha value is -1.06. The number of furan rings is 1. The lowest BCUT2D eigenvalue weighted by molar-refractivity contribution is 0.470. The summed E-state index contributed by atoms with van der Waals surface area (Å²) < 4.78 is 7.05. The fourth-order valence-electron chi connectivity index (χ4n) is 2.26. The van der Waals surface area contributed by atoms with Crippen molar-refractivity contribution in [2.45, 2.75) is 33.2 Å². The molecular formula is C16H20BrNO. The highest BCUT2D eigenvalue weighted by Gasteiger charge is 2.10. The molecule has 102 valence electrons. The van der Waals surface area contributed by atoms with E-state index in [1.807, 2.05) is 6.07 Å². The number of rotatable bonds is 5. The second-order valence-corrected chi connectivity index (χ2v) is 5.80. The van der Waals surface area contributed by atoms with Crippen LogP contribution in [0.2, 0.25) is 0 Å². The average molecular weight is 322 g/mol. The van der Waals surface area contributed by atoms with E-state index in [0.717, 1.165) is 34.5 Å². The van der Waals surface area contributed by atoms with E-state index in [1.54, 1.807) is 0 Å². The van der Waals surface area contributed by atoms with Gasteiger partial charge in [-0.25, -0.2) is 0 Å². The number of hydrogen-bond acceptors (Lipinski definition) is 2. The molecule has 0 aliphatic rings. The van der Waals surface area contributed by atoms with Crippen LogP contribution in [-0.4, -0.2) is 12.6 Å². The molecule has 1 atom stereocenters. The van der Waals surface area contributed by atoms with Gasteiger partial charge >= 0.3 is 0 Å². The minimum absolute atomic E-state index is 0.440. The molecule has 1 unspecified atom stereocenters. The molecule has 2 rings (SSSR count). The first-order valence-electron chi connectivity index (χ1n) is 6.68. The fraction of sp³-hybridized carbons (Fsp3) is 0.375. The Bertz CT molecular complexity index is 547. The number of halogens is 1. The molecular weight excluding hydrogens is 302 g/mol. The van der Waals surface area contributed by atoms with Gasteiger partial charge in [0.05, 0.1) is 0 Å². The molecule has 1 aromatic carbocycles. The van der Waals surface area contributed by atoms with E-state index in [4.69, 9.17) is 4.42 Å². The standard InChI is InChI=1S/C16H20BrNO/c1-4-18-12(3)10-14-6-8-16(19-14)15-7-5-13(17)9-11(15)2/h5-9,12,18H,4,10H2,1-3H3. The van der Waals surface area contributed by atoms with Gasteiger partial charge in [0.15, 0.2) is 0 Å². The molecule has 2 nitrogen and oxygen atoms in total. The van der Waals surface area contributed by atoms with E-state index in [-0.39, 0.29) is 0 Å². The first-order chi connectivity index (χ1) is 9.10. The van der Waals surface area contributed by atoms with Crippen LogP contribution in [0.15, 0.2) is 39.2 Å². The highest BCUT2D eigenvalue weighted by Crippen LogP contribution is 2.28. The molecule has 0 saturated carbocycles. The predicted octanol–water partition coefficient (Wildman–Crippen LogP) is 4.56. The van der Waals surface area contributed by atoms with E-state index < -0.39 is 0 Å². The van der Waals surface area contributed by atoms with Crippen LogP contribution in [0.5, 0.6) is 0 Å². The summed E-state index contributed by atoms with van der Waals surface area (Å²) in [6, 6.07) is 10.8. The summed E-state index contributed by atoms with van der Waals surface area (Å²) >= 11 is 3.49. The highest BCUT2D eigenvalue weighted by atomic mass is 79.9. The zero-order valence-corrected chi connectivity index (χ0v) is 13.3. The SMILES string of the molecule is CCNC(C)Cc1ccc(-c2ccc(Br)cc2C)o1. The zero-order chi connectivity index (χ0) is 13.8. The van der Waals surface area contributed by atoms with Gasteiger partial charge in [0.25, 0.3) is 0 Å². The second-order valence-electron chi connectivity index (χ2n) is 4.89. The summed E-state index contributed by atoms with van der Waals surface area (Å²) in [6.07, 6.45) is 0.920. The minimum Gasteiger partial charge on any atom is -0.461 e. The third-order valence-corrected chi connectivity index (χ3v) is 3.67. The summed E-state index contributed by atoms with van der Waals surface area (Å²) in [5.74, 6) is 1.98. The number of benzene rings is 1. The molecule has 3 heteroatoms. The molecule has 0 aliphatic carbocycles. The van der Waals surface area contributed by atoms with Crippen molar-refractivity contribution in [1.29, 1.82) is 0 Å². The lowest BCUT2D eigenvalue weighted by Gasteiger charge is -2.09. The van der Waals surface area contributed by atoms with Gasteiger partial charge < -0.3 is 9.73 Å². The monoisotopic (exact) mass is 321 g/mol. The lowest BCUT2D eigenvalue weighted by atomic mass is 10.1. The third-order valence-electron chi connectivity index (χ3n) is 3.18. The van der Waals surface area contributed by atoms with Crippen LogP contribution in [0.3, 0.4) is 0 Å². The summed E-state index contributed by atoms with van der Waals surface area (Å²) in [4.78, 5) is 0. The average Bonchev–Trinajstić information content (AvgIpc) is 2.77. The third kappa shape index (κ3) is 3.71. The zero-order valence-electron chi connectivity index (χ0n) is 11.7. The molecule has 0 aliphatic heterocycles. The molecule has 0 saturated heterocycles. The van der Waals surface area contributed by atoms with Crippen molar-refractivity contribution >= 4 is 15.9 Å². The van der Waals surface area contributed by atoms with E-state index in [2.05, 4.69) is 66.3 Å². The summed E-state index contributed by atoms with van der Waals surface area (Å²) in [6.45, 7) is 7.38. The van der Waals surface area contributed by atoms with Crippen molar-refractivity contribution in [3.63, 3.8) is 0 Å². The normalized spacial score (nSPS) is 12.6. The maximum Gasteiger partial charge on any atom is 0.134 e. The number of nitrogens with one attached hydrogen (secondary N) is 1. The molecule has 0 radical (unpaired) electrons. The highest BCUT2D eigenvalue weighted by molar-refractivity contribution is 9.10. The van der Waals surface area contributed by atoms with Crippen molar-refractivity contribution in [1.82, 2.24) is 5.32 Å². The largest absolute Gasteiger partial charge is 0.461 e. The van der Waals surface area contributed by atoms with Crippen molar-refractivity contribution in [3.05, 3.63) is 46.1 Å². The Morgan fingerprint density at radius 1 is 1.26 bits per heavy atom. The van der Waals surface area contributed by atoms with E-state index in [1.165, 1.54) is 5.56 Å². The molecule has 0 spiro atoms. The van der Waals surface area contributed by atoms with Gasteiger partial charge in [0.1, 0.15) is 11.5 Å². The van der Waals surface area contributed by atoms with Crippen LogP contribution in [0.25, 0.3) is 11.3 Å². The van der Waals surface area contributed by atoms with Crippen molar-refractivity contribution < 1.29 is 4.42 Å². The Kier molecular flexibility index (Phi) is 4.83. The van der Waals surface area contributed by atoms with Crippen LogP contribution < -0.4 is 5.32 Å². The molecule has 19 heavy (non-hydrogen) atoms. The molecule has 1 aromatic heterocycles. The summed E-state index contributed by atoms with van der Waals surface area (Å²) in [5.41, 5.74) is 2.38. The minimum atomic E-state index is 0.440. The maximum absolute atomic E-state index is 5.95. The van der Waals surface area contributed by atoms with Crippen molar-refractivity contribution in [2.24, 2.45) is 0 Å². The first kappa shape index (κ1) is 14.4. The fourth-order valence-corrected chi connectivity index (χ4v) is 2.73. The predicted molar refractivity (Wildman–Crippen MR) is 83.4 cm³/mol. The molecule has 0 amide bonds. The number of aryl methyl sites for hydroxylation is 1. The molecule has 0 fully saturated rings. The van der Waals surface area contributed by atoms with E-state index >= 15 is 0 Å². The molecule has 0 bridgehead atoms. The Morgan fingerprint density at radius 3 is 2.74 bits per heavy atom. The molecule has 2 aromatic rings. The molecule has 1 N–H and O–H groups in total. The summed E-state index contributed by atoms with van der Waals surface area (Å²) in [5, 5.41) is 3.40. The van der Waals surface area contributed by atoms with Gasteiger partial charge in [0, 0.05) is 22.5 Å². The van der Waals surface area contributed by atoms with Gasteiger partial charge in [-0.2, -0.15) is 0 Å². The van der Waals surface area contributed by atoms with Crippen LogP contribution in [0, 0.1) is 6.92 Å². The van der Waals surface area contributed by atoms with Gasteiger partial charge in [-0.1, -0.05) is 22.9 Å². The van der Waals surface area contributed by atoms with Gasteiger partial charge in [0.2, 0.25) is 0 Å². The van der Waals surface area contributed by atoms with Crippen LogP contribution >= 0.6 is 15.9 Å². The van der Waals surface area contributed by atoms with Gasteiger partial charge in [-0.15, -0.1) is 0 Å². The van der Waals surface area contributed by atoms with Crippen molar-refractivity contribution in [3.8, 4) is 11.3 Å². The quantitative estimate of drug-likeness (QED) is 0.873. The van der Waals surface area contributed by atoms with E-state index in [0.29, 0.717) is 6.04 Å². The van der Waals surface area contributed by atoms with Gasteiger partial charge in [-0.3, -0.25) is 0 Å². The summed E-state index contributed by atoms with van der Waals surface area (Å²) in [7, 11) is 0. The Morgan fingerprint density at radius 2 is 2.05 bits per heavy atom. The first-order valence-corrected chi connectivity index (χ1v) is 7.48. The van der Waals surface area contributed by atoms with Gasteiger partial charge in [-0.05, 0) is 56.3 Å². The van der Waals surface area contributed by atoms with Crippen LogP contribution in [0.4, 0.5) is 0 Å². The topological polar surface area (TPSA) is 25.2 Å². The Balaban J connectivity index is 2.16. The van der Waals surface area contributed by atoms with Crippen molar-refractivity contribution in [2.75, 3.05) is 6.54 Å². The second kappa shape index (κ2) is 6.40. The molecule has 1 heterocycles. The maximum atomic E-state index is 5.95. The Labute approximate surface area is 123 Å². The lowest BCUT2D eigenvalue weighted by Crippen LogP contribution is -2.27. The van der Waals surface area contributed by atoms with Crippen LogP contribution in [-0.2, 0) is 6.42 Å². The van der Waals surface area contributed by atoms with E-state index in [9.17, 15) is 0 Å². The smallest absolute Gasteiger partial charge is 0.134 e. The number of likely N-dealkylation sites (N-methyl/N-ethyl adjacent to an activating group) is 1.